The number of rotatable bonds is 6. The number of nitrogens with one attached hydrogen (secondary N) is 2. The van der Waals surface area contributed by atoms with Crippen molar-refractivity contribution in [2.75, 3.05) is 11.1 Å². The van der Waals surface area contributed by atoms with Gasteiger partial charge in [-0.25, -0.2) is 4.98 Å². The number of thioether (sulfide) groups is 1. The summed E-state index contributed by atoms with van der Waals surface area (Å²) in [5.41, 5.74) is 1.55. The summed E-state index contributed by atoms with van der Waals surface area (Å²) in [6.07, 6.45) is 0.663. The molecule has 3 rings (SSSR count). The number of benzene rings is 2. The SMILES string of the molecule is O=C(CSc1n[nH]c(Cc2ccccc2)n1)Nc1c(Cl)cccc1Cl. The molecule has 0 bridgehead atoms. The maximum Gasteiger partial charge on any atom is 0.234 e. The second-order valence-corrected chi connectivity index (χ2v) is 6.92. The average Bonchev–Trinajstić information content (AvgIpc) is 3.05. The molecule has 0 aliphatic carbocycles. The van der Waals surface area contributed by atoms with E-state index in [-0.39, 0.29) is 11.7 Å². The molecule has 0 saturated heterocycles. The lowest BCUT2D eigenvalue weighted by Gasteiger charge is -2.08. The van der Waals surface area contributed by atoms with Crippen molar-refractivity contribution in [3.63, 3.8) is 0 Å². The number of hydrogen-bond acceptors (Lipinski definition) is 4. The Labute approximate surface area is 159 Å². The highest BCUT2D eigenvalue weighted by Gasteiger charge is 2.12. The van der Waals surface area contributed by atoms with Gasteiger partial charge in [0.25, 0.3) is 0 Å². The summed E-state index contributed by atoms with van der Waals surface area (Å²) in [5.74, 6) is 0.683. The van der Waals surface area contributed by atoms with E-state index in [9.17, 15) is 4.79 Å². The molecule has 0 saturated carbocycles. The van der Waals surface area contributed by atoms with Crippen molar-refractivity contribution in [3.05, 3.63) is 70.0 Å². The molecular formula is C17H14Cl2N4OS. The van der Waals surface area contributed by atoms with Gasteiger partial charge in [0, 0.05) is 6.42 Å². The monoisotopic (exact) mass is 392 g/mol. The number of carbonyl (C=O) groups excluding carboxylic acids is 1. The summed E-state index contributed by atoms with van der Waals surface area (Å²) in [5, 5.41) is 11.0. The van der Waals surface area contributed by atoms with Crippen molar-refractivity contribution >= 4 is 46.6 Å². The number of halogens is 2. The molecule has 1 aromatic heterocycles. The van der Waals surface area contributed by atoms with Crippen LogP contribution in [0.3, 0.4) is 0 Å². The molecule has 128 valence electrons. The van der Waals surface area contributed by atoms with Gasteiger partial charge in [-0.1, -0.05) is 71.4 Å². The van der Waals surface area contributed by atoms with Crippen LogP contribution >= 0.6 is 35.0 Å². The first kappa shape index (κ1) is 17.8. The van der Waals surface area contributed by atoms with Crippen LogP contribution in [0.2, 0.25) is 10.0 Å². The lowest BCUT2D eigenvalue weighted by Crippen LogP contribution is -2.14. The Morgan fingerprint density at radius 2 is 1.80 bits per heavy atom. The summed E-state index contributed by atoms with van der Waals surface area (Å²) >= 11 is 13.3. The van der Waals surface area contributed by atoms with Gasteiger partial charge in [-0.3, -0.25) is 9.89 Å². The maximum absolute atomic E-state index is 12.1. The molecule has 0 aliphatic rings. The van der Waals surface area contributed by atoms with Gasteiger partial charge in [0.15, 0.2) is 0 Å². The zero-order valence-electron chi connectivity index (χ0n) is 13.0. The molecule has 0 aliphatic heterocycles. The summed E-state index contributed by atoms with van der Waals surface area (Å²) in [4.78, 5) is 16.5. The second kappa shape index (κ2) is 8.38. The van der Waals surface area contributed by atoms with Crippen LogP contribution in [0.4, 0.5) is 5.69 Å². The Kier molecular flexibility index (Phi) is 5.96. The van der Waals surface area contributed by atoms with Crippen LogP contribution in [0.1, 0.15) is 11.4 Å². The van der Waals surface area contributed by atoms with E-state index in [2.05, 4.69) is 20.5 Å². The van der Waals surface area contributed by atoms with E-state index in [1.807, 2.05) is 30.3 Å². The van der Waals surface area contributed by atoms with Crippen LogP contribution in [0.5, 0.6) is 0 Å². The first-order valence-electron chi connectivity index (χ1n) is 7.43. The Morgan fingerprint density at radius 1 is 1.08 bits per heavy atom. The fourth-order valence-electron chi connectivity index (χ4n) is 2.13. The summed E-state index contributed by atoms with van der Waals surface area (Å²) < 4.78 is 0. The number of aromatic amines is 1. The molecule has 0 unspecified atom stereocenters. The van der Waals surface area contributed by atoms with Crippen LogP contribution in [0.15, 0.2) is 53.7 Å². The first-order chi connectivity index (χ1) is 12.1. The van der Waals surface area contributed by atoms with Crippen LogP contribution < -0.4 is 5.32 Å². The smallest absolute Gasteiger partial charge is 0.234 e. The van der Waals surface area contributed by atoms with E-state index in [4.69, 9.17) is 23.2 Å². The largest absolute Gasteiger partial charge is 0.323 e. The molecule has 8 heteroatoms. The Bertz CT molecular complexity index is 850. The predicted octanol–water partition coefficient (Wildman–Crippen LogP) is 4.43. The minimum atomic E-state index is -0.227. The number of anilines is 1. The molecule has 0 atom stereocenters. The fraction of sp³-hybridized carbons (Fsp3) is 0.118. The van der Waals surface area contributed by atoms with E-state index in [1.54, 1.807) is 18.2 Å². The van der Waals surface area contributed by atoms with E-state index >= 15 is 0 Å². The minimum Gasteiger partial charge on any atom is -0.323 e. The highest BCUT2D eigenvalue weighted by molar-refractivity contribution is 7.99. The van der Waals surface area contributed by atoms with Crippen LogP contribution in [0.25, 0.3) is 0 Å². The Balaban J connectivity index is 1.54. The van der Waals surface area contributed by atoms with Crippen molar-refractivity contribution in [1.82, 2.24) is 15.2 Å². The first-order valence-corrected chi connectivity index (χ1v) is 9.18. The molecule has 25 heavy (non-hydrogen) atoms. The van der Waals surface area contributed by atoms with Crippen molar-refractivity contribution < 1.29 is 4.79 Å². The van der Waals surface area contributed by atoms with Gasteiger partial charge < -0.3 is 5.32 Å². The number of carbonyl (C=O) groups is 1. The average molecular weight is 393 g/mol. The molecule has 3 aromatic rings. The van der Waals surface area contributed by atoms with Crippen LogP contribution in [-0.2, 0) is 11.2 Å². The van der Waals surface area contributed by atoms with Gasteiger partial charge in [0.1, 0.15) is 5.82 Å². The third kappa shape index (κ3) is 4.98. The standard InChI is InChI=1S/C17H14Cl2N4OS/c18-12-7-4-8-13(19)16(12)21-15(24)10-25-17-20-14(22-23-17)9-11-5-2-1-3-6-11/h1-8H,9-10H2,(H,21,24)(H,20,22,23). The van der Waals surface area contributed by atoms with Gasteiger partial charge in [0.05, 0.1) is 21.5 Å². The number of aromatic nitrogens is 3. The molecule has 5 nitrogen and oxygen atoms in total. The third-order valence-corrected chi connectivity index (χ3v) is 4.76. The number of amides is 1. The van der Waals surface area contributed by atoms with Crippen molar-refractivity contribution in [1.29, 1.82) is 0 Å². The molecule has 1 amide bonds. The van der Waals surface area contributed by atoms with Crippen molar-refractivity contribution in [2.45, 2.75) is 11.6 Å². The number of H-pyrrole nitrogens is 1. The number of nitrogens with zero attached hydrogens (tertiary/aromatic N) is 2. The van der Waals surface area contributed by atoms with Gasteiger partial charge in [-0.2, -0.15) is 0 Å². The Morgan fingerprint density at radius 3 is 2.52 bits per heavy atom. The van der Waals surface area contributed by atoms with Gasteiger partial charge in [-0.05, 0) is 17.7 Å². The molecule has 2 N–H and O–H groups in total. The molecule has 0 spiro atoms. The van der Waals surface area contributed by atoms with Gasteiger partial charge in [0.2, 0.25) is 11.1 Å². The molecular weight excluding hydrogens is 379 g/mol. The molecule has 0 fully saturated rings. The van der Waals surface area contributed by atoms with E-state index < -0.39 is 0 Å². The number of hydrogen-bond donors (Lipinski definition) is 2. The quantitative estimate of drug-likeness (QED) is 0.608. The zero-order valence-corrected chi connectivity index (χ0v) is 15.3. The summed E-state index contributed by atoms with van der Waals surface area (Å²) in [7, 11) is 0. The lowest BCUT2D eigenvalue weighted by molar-refractivity contribution is -0.113. The van der Waals surface area contributed by atoms with E-state index in [0.717, 1.165) is 11.4 Å². The summed E-state index contributed by atoms with van der Waals surface area (Å²) in [6, 6.07) is 15.0. The zero-order chi connectivity index (χ0) is 17.6. The minimum absolute atomic E-state index is 0.157. The number of para-hydroxylation sites is 1. The van der Waals surface area contributed by atoms with Crippen LogP contribution in [0, 0.1) is 0 Å². The molecule has 2 aromatic carbocycles. The third-order valence-electron chi connectivity index (χ3n) is 3.29. The predicted molar refractivity (Wildman–Crippen MR) is 101 cm³/mol. The molecule has 1 heterocycles. The second-order valence-electron chi connectivity index (χ2n) is 5.16. The van der Waals surface area contributed by atoms with Crippen LogP contribution in [-0.4, -0.2) is 26.8 Å². The fourth-order valence-corrected chi connectivity index (χ4v) is 3.24. The normalized spacial score (nSPS) is 10.6. The lowest BCUT2D eigenvalue weighted by atomic mass is 10.1. The van der Waals surface area contributed by atoms with Gasteiger partial charge >= 0.3 is 0 Å². The highest BCUT2D eigenvalue weighted by atomic mass is 35.5. The van der Waals surface area contributed by atoms with Gasteiger partial charge in [-0.15, -0.1) is 5.10 Å². The highest BCUT2D eigenvalue weighted by Crippen LogP contribution is 2.30. The Hall–Kier alpha value is -2.02. The van der Waals surface area contributed by atoms with Crippen molar-refractivity contribution in [3.8, 4) is 0 Å². The topological polar surface area (TPSA) is 70.7 Å². The molecule has 0 radical (unpaired) electrons. The van der Waals surface area contributed by atoms with Crippen molar-refractivity contribution in [2.24, 2.45) is 0 Å². The maximum atomic E-state index is 12.1. The van der Waals surface area contributed by atoms with E-state index in [0.29, 0.717) is 27.3 Å². The summed E-state index contributed by atoms with van der Waals surface area (Å²) in [6.45, 7) is 0. The van der Waals surface area contributed by atoms with E-state index in [1.165, 1.54) is 11.8 Å².